The van der Waals surface area contributed by atoms with Gasteiger partial charge < -0.3 is 9.64 Å². The van der Waals surface area contributed by atoms with E-state index in [1.54, 1.807) is 12.1 Å². The number of carbonyl (C=O) groups is 1. The fourth-order valence-corrected chi connectivity index (χ4v) is 3.05. The van der Waals surface area contributed by atoms with Crippen LogP contribution in [0.2, 0.25) is 0 Å². The van der Waals surface area contributed by atoms with Gasteiger partial charge in [0.15, 0.2) is 0 Å². The molecule has 1 aliphatic heterocycles. The van der Waals surface area contributed by atoms with Crippen molar-refractivity contribution in [1.29, 1.82) is 0 Å². The van der Waals surface area contributed by atoms with Gasteiger partial charge >= 0.3 is 0 Å². The van der Waals surface area contributed by atoms with Crippen LogP contribution in [-0.2, 0) is 11.2 Å². The van der Waals surface area contributed by atoms with Gasteiger partial charge in [-0.2, -0.15) is 0 Å². The third kappa shape index (κ3) is 5.52. The van der Waals surface area contributed by atoms with Gasteiger partial charge in [0.2, 0.25) is 5.91 Å². The number of benzene rings is 2. The molecule has 2 aromatic carbocycles. The average Bonchev–Trinajstić information content (AvgIpc) is 2.70. The molecule has 27 heavy (non-hydrogen) atoms. The Morgan fingerprint density at radius 2 is 1.67 bits per heavy atom. The predicted octanol–water partition coefficient (Wildman–Crippen LogP) is 2.36. The standard InChI is InChI=1S/C20H23N3O4/c24-20(16-17-6-8-18(9-7-17)23(25)26)22-12-10-21(11-13-22)14-15-27-19-4-2-1-3-5-19/h1-9H,10-16H2. The largest absolute Gasteiger partial charge is 0.492 e. The van der Waals surface area contributed by atoms with Crippen LogP contribution in [0.4, 0.5) is 5.69 Å². The first-order chi connectivity index (χ1) is 13.1. The summed E-state index contributed by atoms with van der Waals surface area (Å²) in [7, 11) is 0. The van der Waals surface area contributed by atoms with Gasteiger partial charge in [0.1, 0.15) is 12.4 Å². The van der Waals surface area contributed by atoms with E-state index in [1.807, 2.05) is 35.2 Å². The molecule has 1 fully saturated rings. The van der Waals surface area contributed by atoms with Crippen LogP contribution in [0.15, 0.2) is 54.6 Å². The number of ether oxygens (including phenoxy) is 1. The first kappa shape index (κ1) is 18.8. The van der Waals surface area contributed by atoms with Crippen LogP contribution in [0.25, 0.3) is 0 Å². The summed E-state index contributed by atoms with van der Waals surface area (Å²) in [5, 5.41) is 10.7. The number of rotatable bonds is 7. The van der Waals surface area contributed by atoms with E-state index >= 15 is 0 Å². The summed E-state index contributed by atoms with van der Waals surface area (Å²) in [5.41, 5.74) is 0.835. The van der Waals surface area contributed by atoms with Crippen LogP contribution in [0.3, 0.4) is 0 Å². The molecule has 2 aromatic rings. The molecule has 1 saturated heterocycles. The van der Waals surface area contributed by atoms with E-state index in [4.69, 9.17) is 4.74 Å². The predicted molar refractivity (Wildman–Crippen MR) is 102 cm³/mol. The third-order valence-corrected chi connectivity index (χ3v) is 4.65. The quantitative estimate of drug-likeness (QED) is 0.553. The van der Waals surface area contributed by atoms with Gasteiger partial charge in [-0.1, -0.05) is 30.3 Å². The number of non-ortho nitro benzene ring substituents is 1. The Bertz CT molecular complexity index is 757. The monoisotopic (exact) mass is 369 g/mol. The van der Waals surface area contributed by atoms with Crippen LogP contribution in [0.1, 0.15) is 5.56 Å². The van der Waals surface area contributed by atoms with Gasteiger partial charge in [-0.15, -0.1) is 0 Å². The highest BCUT2D eigenvalue weighted by Gasteiger charge is 2.21. The molecule has 0 N–H and O–H groups in total. The molecule has 7 nitrogen and oxygen atoms in total. The van der Waals surface area contributed by atoms with Crippen LogP contribution < -0.4 is 4.74 Å². The molecule has 0 unspecified atom stereocenters. The first-order valence-electron chi connectivity index (χ1n) is 9.03. The van der Waals surface area contributed by atoms with Crippen molar-refractivity contribution < 1.29 is 14.5 Å². The molecule has 7 heteroatoms. The minimum Gasteiger partial charge on any atom is -0.492 e. The zero-order valence-electron chi connectivity index (χ0n) is 15.1. The van der Waals surface area contributed by atoms with Crippen molar-refractivity contribution in [3.63, 3.8) is 0 Å². The Morgan fingerprint density at radius 1 is 1.00 bits per heavy atom. The number of carbonyl (C=O) groups excluding carboxylic acids is 1. The van der Waals surface area contributed by atoms with Crippen molar-refractivity contribution >= 4 is 11.6 Å². The highest BCUT2D eigenvalue weighted by Crippen LogP contribution is 2.14. The molecule has 1 heterocycles. The molecule has 0 bridgehead atoms. The molecular formula is C20H23N3O4. The zero-order valence-corrected chi connectivity index (χ0v) is 15.1. The third-order valence-electron chi connectivity index (χ3n) is 4.65. The van der Waals surface area contributed by atoms with Crippen molar-refractivity contribution in [2.24, 2.45) is 0 Å². The van der Waals surface area contributed by atoms with E-state index in [1.165, 1.54) is 12.1 Å². The summed E-state index contributed by atoms with van der Waals surface area (Å²) in [6.45, 7) is 4.49. The van der Waals surface area contributed by atoms with E-state index in [2.05, 4.69) is 4.90 Å². The van der Waals surface area contributed by atoms with E-state index < -0.39 is 4.92 Å². The molecule has 0 radical (unpaired) electrons. The Balaban J connectivity index is 1.39. The lowest BCUT2D eigenvalue weighted by molar-refractivity contribution is -0.384. The maximum atomic E-state index is 12.4. The summed E-state index contributed by atoms with van der Waals surface area (Å²) in [5.74, 6) is 0.929. The number of hydrogen-bond acceptors (Lipinski definition) is 5. The van der Waals surface area contributed by atoms with Crippen LogP contribution in [0, 0.1) is 10.1 Å². The van der Waals surface area contributed by atoms with Crippen LogP contribution in [0.5, 0.6) is 5.75 Å². The lowest BCUT2D eigenvalue weighted by atomic mass is 10.1. The van der Waals surface area contributed by atoms with Crippen molar-refractivity contribution in [1.82, 2.24) is 9.80 Å². The lowest BCUT2D eigenvalue weighted by Crippen LogP contribution is -2.49. The summed E-state index contributed by atoms with van der Waals surface area (Å²) >= 11 is 0. The number of nitro benzene ring substituents is 1. The van der Waals surface area contributed by atoms with E-state index in [9.17, 15) is 14.9 Å². The molecule has 0 aromatic heterocycles. The maximum absolute atomic E-state index is 12.4. The van der Waals surface area contributed by atoms with Crippen molar-refractivity contribution in [3.05, 3.63) is 70.3 Å². The van der Waals surface area contributed by atoms with Crippen LogP contribution in [-0.4, -0.2) is 60.0 Å². The first-order valence-corrected chi connectivity index (χ1v) is 9.03. The molecule has 0 atom stereocenters. The van der Waals surface area contributed by atoms with Crippen molar-refractivity contribution in [3.8, 4) is 5.75 Å². The molecule has 3 rings (SSSR count). The smallest absolute Gasteiger partial charge is 0.269 e. The number of para-hydroxylation sites is 1. The molecule has 142 valence electrons. The Morgan fingerprint density at radius 3 is 2.30 bits per heavy atom. The normalized spacial score (nSPS) is 14.7. The summed E-state index contributed by atoms with van der Waals surface area (Å²) in [6, 6.07) is 15.9. The second kappa shape index (κ2) is 9.14. The topological polar surface area (TPSA) is 75.9 Å². The number of hydrogen-bond donors (Lipinski definition) is 0. The Labute approximate surface area is 158 Å². The SMILES string of the molecule is O=C(Cc1ccc([N+](=O)[O-])cc1)N1CCN(CCOc2ccccc2)CC1. The number of piperazine rings is 1. The van der Waals surface area contributed by atoms with Gasteiger partial charge in [0, 0.05) is 44.9 Å². The zero-order chi connectivity index (χ0) is 19.1. The van der Waals surface area contributed by atoms with Gasteiger partial charge in [-0.25, -0.2) is 0 Å². The summed E-state index contributed by atoms with van der Waals surface area (Å²) in [4.78, 5) is 26.8. The van der Waals surface area contributed by atoms with Gasteiger partial charge in [-0.3, -0.25) is 19.8 Å². The maximum Gasteiger partial charge on any atom is 0.269 e. The Kier molecular flexibility index (Phi) is 6.38. The average molecular weight is 369 g/mol. The van der Waals surface area contributed by atoms with E-state index in [0.717, 1.165) is 30.9 Å². The highest BCUT2D eigenvalue weighted by atomic mass is 16.6. The Hall–Kier alpha value is -2.93. The fraction of sp³-hybridized carbons (Fsp3) is 0.350. The summed E-state index contributed by atoms with van der Waals surface area (Å²) < 4.78 is 5.72. The van der Waals surface area contributed by atoms with Crippen LogP contribution >= 0.6 is 0 Å². The lowest BCUT2D eigenvalue weighted by Gasteiger charge is -2.34. The second-order valence-corrected chi connectivity index (χ2v) is 6.48. The molecule has 1 amide bonds. The molecule has 0 saturated carbocycles. The second-order valence-electron chi connectivity index (χ2n) is 6.48. The fourth-order valence-electron chi connectivity index (χ4n) is 3.05. The van der Waals surface area contributed by atoms with Gasteiger partial charge in [-0.05, 0) is 17.7 Å². The molecule has 0 aliphatic carbocycles. The van der Waals surface area contributed by atoms with E-state index in [0.29, 0.717) is 19.7 Å². The highest BCUT2D eigenvalue weighted by molar-refractivity contribution is 5.79. The van der Waals surface area contributed by atoms with Crippen molar-refractivity contribution in [2.75, 3.05) is 39.3 Å². The minimum absolute atomic E-state index is 0.0394. The minimum atomic E-state index is -0.438. The van der Waals surface area contributed by atoms with Gasteiger partial charge in [0.05, 0.1) is 11.3 Å². The number of nitro groups is 1. The molecule has 0 spiro atoms. The molecule has 1 aliphatic rings. The number of nitrogens with zero attached hydrogens (tertiary/aromatic N) is 3. The van der Waals surface area contributed by atoms with Gasteiger partial charge in [0.25, 0.3) is 5.69 Å². The molecular weight excluding hydrogens is 346 g/mol. The van der Waals surface area contributed by atoms with Crippen molar-refractivity contribution in [2.45, 2.75) is 6.42 Å². The summed E-state index contributed by atoms with van der Waals surface area (Å²) in [6.07, 6.45) is 0.273. The number of amides is 1. The van der Waals surface area contributed by atoms with E-state index in [-0.39, 0.29) is 18.0 Å².